The molecule has 9 nitrogen and oxygen atoms in total. The summed E-state index contributed by atoms with van der Waals surface area (Å²) >= 11 is 0. The van der Waals surface area contributed by atoms with Gasteiger partial charge in [-0.15, -0.1) is 0 Å². The smallest absolute Gasteiger partial charge is 0.358 e. The van der Waals surface area contributed by atoms with Crippen molar-refractivity contribution < 1.29 is 44.3 Å². The fraction of sp³-hybridized carbons (Fsp3) is 0.545. The predicted octanol–water partition coefficient (Wildman–Crippen LogP) is 1.19. The number of aromatic nitrogens is 1. The molecule has 1 heterocycles. The third-order valence-electron chi connectivity index (χ3n) is 2.85. The van der Waals surface area contributed by atoms with Crippen LogP contribution >= 0.6 is 0 Å². The molecule has 0 aliphatic rings. The Morgan fingerprint density at radius 1 is 1.35 bits per heavy atom. The molecule has 15 heteroatoms. The summed E-state index contributed by atoms with van der Waals surface area (Å²) in [6.07, 6.45) is -4.21. The molecular formula is C11H12F5N3O6S. The number of hydrogen-bond acceptors (Lipinski definition) is 6. The average molecular weight is 409 g/mol. The van der Waals surface area contributed by atoms with Crippen LogP contribution in [-0.4, -0.2) is 48.7 Å². The summed E-state index contributed by atoms with van der Waals surface area (Å²) in [5.41, 5.74) is -0.242. The molecule has 0 aliphatic heterocycles. The van der Waals surface area contributed by atoms with Gasteiger partial charge in [0.1, 0.15) is 0 Å². The van der Waals surface area contributed by atoms with Gasteiger partial charge in [0, 0.05) is 0 Å². The Bertz CT molecular complexity index is 789. The lowest BCUT2D eigenvalue weighted by atomic mass is 10.3. The number of nitro groups is 1. The third kappa shape index (κ3) is 5.91. The summed E-state index contributed by atoms with van der Waals surface area (Å²) in [7, 11) is -3.92. The van der Waals surface area contributed by atoms with Gasteiger partial charge < -0.3 is 15.4 Å². The lowest BCUT2D eigenvalue weighted by Gasteiger charge is -2.19. The molecule has 0 atom stereocenters. The van der Waals surface area contributed by atoms with E-state index in [4.69, 9.17) is 0 Å². The minimum Gasteiger partial charge on any atom is -0.358 e. The Morgan fingerprint density at radius 3 is 2.38 bits per heavy atom. The van der Waals surface area contributed by atoms with E-state index in [0.717, 1.165) is 12.3 Å². The van der Waals surface area contributed by atoms with Crippen LogP contribution in [0.15, 0.2) is 12.3 Å². The molecule has 0 unspecified atom stereocenters. The predicted molar refractivity (Wildman–Crippen MR) is 74.7 cm³/mol. The zero-order valence-electron chi connectivity index (χ0n) is 12.9. The number of alkyl halides is 5. The van der Waals surface area contributed by atoms with Crippen molar-refractivity contribution in [1.29, 1.82) is 0 Å². The number of amides is 1. The molecular weight excluding hydrogens is 397 g/mol. The SMILES string of the molecule is CS(=O)(=O)OCc1ccn(CC(=O)NCC(F)(F)C(F)(F)F)c1[N+](=O)[O-]. The van der Waals surface area contributed by atoms with Crippen molar-refractivity contribution in [1.82, 2.24) is 9.88 Å². The van der Waals surface area contributed by atoms with Crippen LogP contribution < -0.4 is 5.32 Å². The van der Waals surface area contributed by atoms with E-state index in [1.54, 1.807) is 0 Å². The van der Waals surface area contributed by atoms with Gasteiger partial charge in [-0.3, -0.25) is 8.98 Å². The van der Waals surface area contributed by atoms with Gasteiger partial charge in [-0.1, -0.05) is 0 Å². The van der Waals surface area contributed by atoms with Crippen molar-refractivity contribution >= 4 is 21.8 Å². The van der Waals surface area contributed by atoms with Crippen LogP contribution in [0, 0.1) is 10.1 Å². The van der Waals surface area contributed by atoms with E-state index >= 15 is 0 Å². The van der Waals surface area contributed by atoms with Gasteiger partial charge in [0.15, 0.2) is 6.54 Å². The molecule has 1 aromatic rings. The van der Waals surface area contributed by atoms with Gasteiger partial charge in [0.25, 0.3) is 16.0 Å². The Morgan fingerprint density at radius 2 is 1.92 bits per heavy atom. The zero-order valence-corrected chi connectivity index (χ0v) is 13.7. The number of nitrogens with one attached hydrogen (secondary N) is 1. The minimum atomic E-state index is -5.87. The zero-order chi connectivity index (χ0) is 20.3. The van der Waals surface area contributed by atoms with Gasteiger partial charge in [0.05, 0.1) is 31.2 Å². The molecule has 0 aliphatic carbocycles. The number of halogens is 5. The van der Waals surface area contributed by atoms with Crippen molar-refractivity contribution in [3.8, 4) is 0 Å². The van der Waals surface area contributed by atoms with Crippen LogP contribution in [0.1, 0.15) is 5.56 Å². The molecule has 1 aromatic heterocycles. The van der Waals surface area contributed by atoms with Crippen molar-refractivity contribution in [3.05, 3.63) is 27.9 Å². The first-order valence-corrected chi connectivity index (χ1v) is 8.34. The number of rotatable bonds is 8. The van der Waals surface area contributed by atoms with E-state index in [1.165, 1.54) is 5.32 Å². The van der Waals surface area contributed by atoms with Crippen LogP contribution in [0.2, 0.25) is 0 Å². The maximum absolute atomic E-state index is 12.7. The summed E-state index contributed by atoms with van der Waals surface area (Å²) in [5.74, 6) is -7.28. The second kappa shape index (κ2) is 7.53. The normalized spacial score (nSPS) is 12.8. The summed E-state index contributed by atoms with van der Waals surface area (Å²) in [4.78, 5) is 21.6. The standard InChI is InChI=1S/C11H12F5N3O6S/c1-26(23,24)25-5-7-2-3-18(9(7)19(21)22)4-8(20)17-6-10(12,13)11(14,15)16/h2-3H,4-6H2,1H3,(H,17,20). The molecule has 0 saturated carbocycles. The molecule has 0 aromatic carbocycles. The van der Waals surface area contributed by atoms with E-state index < -0.39 is 58.6 Å². The highest BCUT2D eigenvalue weighted by Gasteiger charge is 2.57. The molecule has 26 heavy (non-hydrogen) atoms. The minimum absolute atomic E-state index is 0.242. The van der Waals surface area contributed by atoms with E-state index in [0.29, 0.717) is 10.8 Å². The first kappa shape index (κ1) is 21.8. The average Bonchev–Trinajstić information content (AvgIpc) is 2.84. The van der Waals surface area contributed by atoms with E-state index in [-0.39, 0.29) is 5.56 Å². The van der Waals surface area contributed by atoms with Crippen LogP contribution in [0.25, 0.3) is 0 Å². The maximum Gasteiger partial charge on any atom is 0.455 e. The third-order valence-corrected chi connectivity index (χ3v) is 3.40. The second-order valence-electron chi connectivity index (χ2n) is 4.99. The van der Waals surface area contributed by atoms with E-state index in [1.807, 2.05) is 0 Å². The number of carbonyl (C=O) groups excluding carboxylic acids is 1. The lowest BCUT2D eigenvalue weighted by molar-refractivity contribution is -0.392. The molecule has 0 saturated heterocycles. The topological polar surface area (TPSA) is 121 Å². The molecule has 1 amide bonds. The fourth-order valence-corrected chi connectivity index (χ4v) is 2.00. The largest absolute Gasteiger partial charge is 0.455 e. The molecule has 1 rings (SSSR count). The fourth-order valence-electron chi connectivity index (χ4n) is 1.66. The molecule has 1 N–H and O–H groups in total. The highest BCUT2D eigenvalue weighted by molar-refractivity contribution is 7.85. The van der Waals surface area contributed by atoms with E-state index in [9.17, 15) is 45.3 Å². The Hall–Kier alpha value is -2.29. The van der Waals surface area contributed by atoms with Crippen molar-refractivity contribution in [2.45, 2.75) is 25.3 Å². The quantitative estimate of drug-likeness (QED) is 0.298. The number of nitrogens with zero attached hydrogens (tertiary/aromatic N) is 2. The Balaban J connectivity index is 2.85. The maximum atomic E-state index is 12.7. The lowest BCUT2D eigenvalue weighted by Crippen LogP contribution is -2.47. The van der Waals surface area contributed by atoms with Crippen LogP contribution in [-0.2, 0) is 32.2 Å². The van der Waals surface area contributed by atoms with Gasteiger partial charge in [-0.05, 0) is 11.0 Å². The summed E-state index contributed by atoms with van der Waals surface area (Å²) in [6.45, 7) is -3.70. The van der Waals surface area contributed by atoms with Gasteiger partial charge in [-0.25, -0.2) is 4.57 Å². The Labute approximate surface area is 143 Å². The van der Waals surface area contributed by atoms with Gasteiger partial charge in [0.2, 0.25) is 0 Å². The monoisotopic (exact) mass is 409 g/mol. The summed E-state index contributed by atoms with van der Waals surface area (Å²) in [6, 6.07) is 1.04. The number of hydrogen-bond donors (Lipinski definition) is 1. The van der Waals surface area contributed by atoms with E-state index in [2.05, 4.69) is 4.18 Å². The molecule has 0 radical (unpaired) electrons. The van der Waals surface area contributed by atoms with Gasteiger partial charge in [-0.2, -0.15) is 30.4 Å². The van der Waals surface area contributed by atoms with Crippen molar-refractivity contribution in [2.24, 2.45) is 0 Å². The number of carbonyl (C=O) groups is 1. The first-order chi connectivity index (χ1) is 11.6. The van der Waals surface area contributed by atoms with Crippen LogP contribution in [0.3, 0.4) is 0 Å². The van der Waals surface area contributed by atoms with Crippen molar-refractivity contribution in [3.63, 3.8) is 0 Å². The molecule has 0 fully saturated rings. The van der Waals surface area contributed by atoms with Crippen molar-refractivity contribution in [2.75, 3.05) is 12.8 Å². The Kier molecular flexibility index (Phi) is 6.30. The summed E-state index contributed by atoms with van der Waals surface area (Å²) < 4.78 is 88.3. The van der Waals surface area contributed by atoms with Crippen LogP contribution in [0.4, 0.5) is 27.8 Å². The van der Waals surface area contributed by atoms with Crippen LogP contribution in [0.5, 0.6) is 0 Å². The molecule has 148 valence electrons. The highest BCUT2D eigenvalue weighted by atomic mass is 32.2. The highest BCUT2D eigenvalue weighted by Crippen LogP contribution is 2.34. The summed E-state index contributed by atoms with van der Waals surface area (Å²) in [5, 5.41) is 12.4. The first-order valence-electron chi connectivity index (χ1n) is 6.52. The molecule has 0 bridgehead atoms. The second-order valence-corrected chi connectivity index (χ2v) is 6.64. The molecule has 0 spiro atoms. The van der Waals surface area contributed by atoms with Gasteiger partial charge >= 0.3 is 17.9 Å².